The van der Waals surface area contributed by atoms with Crippen LogP contribution in [0.4, 0.5) is 9.18 Å². The van der Waals surface area contributed by atoms with Crippen molar-refractivity contribution in [3.63, 3.8) is 0 Å². The molecule has 0 saturated carbocycles. The van der Waals surface area contributed by atoms with Gasteiger partial charge < -0.3 is 30.5 Å². The van der Waals surface area contributed by atoms with E-state index in [9.17, 15) is 19.2 Å². The minimum absolute atomic E-state index is 0.0297. The first-order chi connectivity index (χ1) is 31.4. The van der Waals surface area contributed by atoms with Crippen LogP contribution in [0.25, 0.3) is 10.9 Å². The summed E-state index contributed by atoms with van der Waals surface area (Å²) in [6.45, 7) is 11.9. The average molecular weight is 981 g/mol. The van der Waals surface area contributed by atoms with E-state index in [1.807, 2.05) is 33.7 Å². The van der Waals surface area contributed by atoms with Gasteiger partial charge in [0.25, 0.3) is 0 Å². The molecule has 0 spiro atoms. The number of rotatable bonds is 14. The standard InChI is InChI=1S/C44H42Cl2FN7O8S2.C2H5/c1-23-49-36(38(46)64-23)35(51-60-6)34(55)17-29-40(56)54-37(42(57)61-21-24-7-9-28(59-5)10-8-24)27(22-63-41(29)54)18-52-13-11-25-12-14-53(33(25)20-52)19-30-31(45)15-26(16-32(30)47)39(48)50-43(58)62-44(2,3)4;1-2/h7-16,20,29,41H,17-19,21-22H2,1-6H3,(H-,48,50,58);1H2,2H3/q;-1/p+1/b51-35+;/t29-,41-;/m1./s1. The van der Waals surface area contributed by atoms with Gasteiger partial charge in [-0.05, 0) is 63.6 Å². The van der Waals surface area contributed by atoms with Gasteiger partial charge in [-0.1, -0.05) is 40.5 Å². The van der Waals surface area contributed by atoms with E-state index in [0.29, 0.717) is 27.6 Å². The van der Waals surface area contributed by atoms with Crippen LogP contribution in [0.2, 0.25) is 9.36 Å². The van der Waals surface area contributed by atoms with Gasteiger partial charge in [0.15, 0.2) is 30.4 Å². The number of benzene rings is 2. The van der Waals surface area contributed by atoms with Crippen molar-refractivity contribution in [1.29, 1.82) is 5.41 Å². The Morgan fingerprint density at radius 3 is 2.47 bits per heavy atom. The van der Waals surface area contributed by atoms with Gasteiger partial charge in [0.05, 0.1) is 30.0 Å². The summed E-state index contributed by atoms with van der Waals surface area (Å²) in [5.74, 6) is -2.46. The fourth-order valence-electron chi connectivity index (χ4n) is 7.20. The number of carbonyl (C=O) groups excluding carboxylic acids is 4. The van der Waals surface area contributed by atoms with Crippen LogP contribution in [0.3, 0.4) is 0 Å². The van der Waals surface area contributed by atoms with Crippen molar-refractivity contribution in [2.24, 2.45) is 11.1 Å². The number of Topliss-reactive ketones (excluding diaryl/α,β-unsaturated/α-hetero) is 1. The molecule has 2 atom stereocenters. The normalized spacial score (nSPS) is 15.9. The molecule has 66 heavy (non-hydrogen) atoms. The highest BCUT2D eigenvalue weighted by molar-refractivity contribution is 8.00. The van der Waals surface area contributed by atoms with Gasteiger partial charge in [-0.25, -0.2) is 19.0 Å². The number of ether oxygens (including phenoxy) is 3. The minimum atomic E-state index is -0.853. The number of β-lactam (4-membered cyclic amide) rings is 1. The van der Waals surface area contributed by atoms with E-state index in [1.54, 1.807) is 72.2 Å². The number of oxime groups is 1. The maximum atomic E-state index is 15.7. The third-order valence-corrected chi connectivity index (χ3v) is 13.1. The monoisotopic (exact) mass is 979 g/mol. The van der Waals surface area contributed by atoms with Crippen molar-refractivity contribution < 1.29 is 47.2 Å². The van der Waals surface area contributed by atoms with E-state index >= 15 is 4.39 Å². The Bertz CT molecular complexity index is 2730. The first-order valence-electron chi connectivity index (χ1n) is 20.4. The number of aryl methyl sites for hydroxylation is 1. The maximum absolute atomic E-state index is 15.7. The Morgan fingerprint density at radius 2 is 1.83 bits per heavy atom. The highest BCUT2D eigenvalue weighted by Crippen LogP contribution is 2.46. The fraction of sp³-hybridized carbons (Fsp3) is 0.326. The number of hydrogen-bond donors (Lipinski definition) is 2. The van der Waals surface area contributed by atoms with Crippen molar-refractivity contribution in [3.05, 3.63) is 128 Å². The number of aromatic nitrogens is 3. The number of hydrogen-bond acceptors (Lipinski definition) is 13. The van der Waals surface area contributed by atoms with Crippen LogP contribution >= 0.6 is 46.3 Å². The molecule has 2 N–H and O–H groups in total. The van der Waals surface area contributed by atoms with Gasteiger partial charge >= 0.3 is 12.1 Å². The number of alkyl carbamates (subject to hydrolysis) is 1. The molecule has 7 rings (SSSR count). The van der Waals surface area contributed by atoms with Crippen LogP contribution in [0, 0.1) is 31.0 Å². The van der Waals surface area contributed by atoms with Gasteiger partial charge in [0.2, 0.25) is 5.91 Å². The first kappa shape index (κ1) is 49.6. The number of thiazole rings is 1. The number of fused-ring (bicyclic) bond motifs is 2. The van der Waals surface area contributed by atoms with Crippen LogP contribution in [-0.2, 0) is 48.4 Å². The fourth-order valence-corrected chi connectivity index (χ4v) is 9.97. The molecular weight excluding hydrogens is 933 g/mol. The van der Waals surface area contributed by atoms with Crippen molar-refractivity contribution >= 4 is 92.5 Å². The highest BCUT2D eigenvalue weighted by atomic mass is 35.5. The smallest absolute Gasteiger partial charge is 0.413 e. The second-order valence-corrected chi connectivity index (χ2v) is 19.1. The molecule has 20 heteroatoms. The SMILES string of the molecule is CO/N=C(\C(=O)C[C@@H]1C(=O)N2C(C(=O)OCc3ccc(OC)cc3)=C(C[n+]3ccc4ccn(Cc5c(F)cc(C(=N)NC(=O)OC(C)(C)C)cc5Cl)c4c3)CS[C@H]12)c1nc(C)sc1Cl.[CH2-]C. The predicted octanol–water partition coefficient (Wildman–Crippen LogP) is 8.43. The molecule has 2 aliphatic rings. The number of nitrogens with one attached hydrogen (secondary N) is 2. The lowest BCUT2D eigenvalue weighted by Crippen LogP contribution is -2.62. The average Bonchev–Trinajstić information content (AvgIpc) is 3.84. The zero-order valence-corrected chi connectivity index (χ0v) is 40.3. The van der Waals surface area contributed by atoms with Crippen molar-refractivity contribution in [2.45, 2.75) is 71.7 Å². The van der Waals surface area contributed by atoms with E-state index in [0.717, 1.165) is 17.0 Å². The molecule has 2 amide bonds. The molecular formula is C46H48Cl2FN7O8S2. The third-order valence-electron chi connectivity index (χ3n) is 10.2. The van der Waals surface area contributed by atoms with Crippen LogP contribution in [0.15, 0.2) is 83.5 Å². The molecule has 5 aromatic rings. The number of ketones is 1. The number of methoxy groups -OCH3 is 1. The first-order valence-corrected chi connectivity index (χ1v) is 23.1. The molecule has 1 fully saturated rings. The summed E-state index contributed by atoms with van der Waals surface area (Å²) >= 11 is 15.6. The Labute approximate surface area is 399 Å². The summed E-state index contributed by atoms with van der Waals surface area (Å²) in [6, 6.07) is 13.3. The van der Waals surface area contributed by atoms with Crippen LogP contribution in [-0.4, -0.2) is 80.7 Å². The Kier molecular flexibility index (Phi) is 15.9. The van der Waals surface area contributed by atoms with E-state index in [2.05, 4.69) is 22.4 Å². The molecule has 5 heterocycles. The van der Waals surface area contributed by atoms with Crippen molar-refractivity contribution in [2.75, 3.05) is 20.0 Å². The van der Waals surface area contributed by atoms with E-state index in [4.69, 9.17) is 47.7 Å². The molecule has 348 valence electrons. The van der Waals surface area contributed by atoms with E-state index in [1.165, 1.54) is 41.2 Å². The molecule has 1 saturated heterocycles. The summed E-state index contributed by atoms with van der Waals surface area (Å²) in [5, 5.41) is 15.5. The summed E-state index contributed by atoms with van der Waals surface area (Å²) in [6.07, 6.45) is 4.41. The zero-order chi connectivity index (χ0) is 48.0. The summed E-state index contributed by atoms with van der Waals surface area (Å²) < 4.78 is 35.9. The van der Waals surface area contributed by atoms with Crippen LogP contribution in [0.5, 0.6) is 5.75 Å². The number of thioether (sulfide) groups is 1. The molecule has 0 bridgehead atoms. The predicted molar refractivity (Wildman–Crippen MR) is 251 cm³/mol. The van der Waals surface area contributed by atoms with E-state index < -0.39 is 46.5 Å². The Morgan fingerprint density at radius 1 is 1.11 bits per heavy atom. The third kappa shape index (κ3) is 11.2. The Balaban J connectivity index is 0.00000355. The molecule has 0 radical (unpaired) electrons. The second kappa shape index (κ2) is 21.2. The minimum Gasteiger partial charge on any atom is -0.497 e. The molecule has 0 unspecified atom stereocenters. The highest BCUT2D eigenvalue weighted by Gasteiger charge is 2.55. The maximum Gasteiger partial charge on any atom is 0.413 e. The van der Waals surface area contributed by atoms with Crippen LogP contribution < -0.4 is 14.6 Å². The van der Waals surface area contributed by atoms with Gasteiger partial charge in [-0.15, -0.1) is 23.1 Å². The van der Waals surface area contributed by atoms with Gasteiger partial charge in [0.1, 0.15) is 58.0 Å². The lowest BCUT2D eigenvalue weighted by molar-refractivity contribution is -0.687. The van der Waals surface area contributed by atoms with Crippen molar-refractivity contribution in [1.82, 2.24) is 19.8 Å². The van der Waals surface area contributed by atoms with Gasteiger partial charge in [0, 0.05) is 51.5 Å². The van der Waals surface area contributed by atoms with Gasteiger partial charge in [-0.3, -0.25) is 25.2 Å². The second-order valence-electron chi connectivity index (χ2n) is 15.8. The molecule has 15 nitrogen and oxygen atoms in total. The van der Waals surface area contributed by atoms with Gasteiger partial charge in [-0.2, -0.15) is 11.5 Å². The summed E-state index contributed by atoms with van der Waals surface area (Å²) in [4.78, 5) is 64.8. The number of halogens is 3. The zero-order valence-electron chi connectivity index (χ0n) is 37.2. The quantitative estimate of drug-likeness (QED) is 0.0209. The number of pyridine rings is 1. The number of carbonyl (C=O) groups is 4. The lowest BCUT2D eigenvalue weighted by atomic mass is 9.89. The number of nitrogens with zero attached hydrogens (tertiary/aromatic N) is 5. The molecule has 2 aromatic carbocycles. The van der Waals surface area contributed by atoms with E-state index in [-0.39, 0.29) is 69.5 Å². The number of amidine groups is 1. The Hall–Kier alpha value is -5.82. The molecule has 0 aliphatic carbocycles. The summed E-state index contributed by atoms with van der Waals surface area (Å²) in [7, 11) is 2.85. The number of amides is 2. The summed E-state index contributed by atoms with van der Waals surface area (Å²) in [5.41, 5.74) is 1.65. The topological polar surface area (TPSA) is 178 Å². The number of esters is 1. The largest absolute Gasteiger partial charge is 0.497 e. The molecule has 2 aliphatic heterocycles. The van der Waals surface area contributed by atoms with Crippen LogP contribution in [0.1, 0.15) is 61.5 Å². The molecule has 3 aromatic heterocycles. The van der Waals surface area contributed by atoms with Crippen molar-refractivity contribution in [3.8, 4) is 5.75 Å². The lowest BCUT2D eigenvalue weighted by Gasteiger charge is -2.49.